The van der Waals surface area contributed by atoms with E-state index < -0.39 is 10.0 Å². The topological polar surface area (TPSA) is 82.8 Å². The van der Waals surface area contributed by atoms with Gasteiger partial charge in [-0.25, -0.2) is 13.1 Å². The number of halogens is 1. The van der Waals surface area contributed by atoms with Crippen LogP contribution in [0.5, 0.6) is 0 Å². The van der Waals surface area contributed by atoms with E-state index >= 15 is 0 Å². The highest BCUT2D eigenvalue weighted by Gasteiger charge is 2.22. The van der Waals surface area contributed by atoms with Gasteiger partial charge in [0.1, 0.15) is 6.07 Å². The summed E-state index contributed by atoms with van der Waals surface area (Å²) >= 11 is 6.10. The lowest BCUT2D eigenvalue weighted by atomic mass is 9.96. The van der Waals surface area contributed by atoms with Gasteiger partial charge in [0, 0.05) is 18.0 Å². The van der Waals surface area contributed by atoms with Crippen LogP contribution in [0.1, 0.15) is 37.9 Å². The van der Waals surface area contributed by atoms with Gasteiger partial charge in [0.05, 0.1) is 22.4 Å². The maximum absolute atomic E-state index is 12.0. The van der Waals surface area contributed by atoms with E-state index in [0.29, 0.717) is 10.6 Å². The molecule has 2 rings (SSSR count). The zero-order chi connectivity index (χ0) is 18.6. The summed E-state index contributed by atoms with van der Waals surface area (Å²) < 4.78 is 26.7. The summed E-state index contributed by atoms with van der Waals surface area (Å²) in [5.41, 5.74) is 2.82. The standard InChI is InChI=1S/C18H20ClN3O2S/c1-4-25(23,24)22-18(12(2)3)16-7-15(10-21-11-16)13-5-6-14(9-20)17(19)8-13/h5-8,10-12,18,22H,4H2,1-3H3. The smallest absolute Gasteiger partial charge is 0.211 e. The molecule has 0 aliphatic heterocycles. The lowest BCUT2D eigenvalue weighted by Gasteiger charge is -2.22. The molecule has 5 nitrogen and oxygen atoms in total. The van der Waals surface area contributed by atoms with Crippen molar-refractivity contribution >= 4 is 21.6 Å². The summed E-state index contributed by atoms with van der Waals surface area (Å²) in [6.07, 6.45) is 3.35. The zero-order valence-corrected chi connectivity index (χ0v) is 15.9. The number of rotatable bonds is 6. The Labute approximate surface area is 153 Å². The van der Waals surface area contributed by atoms with Crippen LogP contribution in [-0.2, 0) is 10.0 Å². The largest absolute Gasteiger partial charge is 0.264 e. The van der Waals surface area contributed by atoms with Gasteiger partial charge in [0.15, 0.2) is 0 Å². The summed E-state index contributed by atoms with van der Waals surface area (Å²) in [7, 11) is -3.34. The Hall–Kier alpha value is -1.94. The second kappa shape index (κ2) is 7.96. The van der Waals surface area contributed by atoms with Gasteiger partial charge in [-0.2, -0.15) is 5.26 Å². The molecule has 1 unspecified atom stereocenters. The van der Waals surface area contributed by atoms with Gasteiger partial charge in [-0.15, -0.1) is 0 Å². The van der Waals surface area contributed by atoms with E-state index in [1.54, 1.807) is 37.5 Å². The molecule has 0 aliphatic carbocycles. The fourth-order valence-corrected chi connectivity index (χ4v) is 3.62. The number of hydrogen-bond donors (Lipinski definition) is 1. The third-order valence-corrected chi connectivity index (χ3v) is 5.58. The molecule has 2 aromatic rings. The lowest BCUT2D eigenvalue weighted by molar-refractivity contribution is 0.462. The molecule has 0 amide bonds. The van der Waals surface area contributed by atoms with E-state index in [2.05, 4.69) is 9.71 Å². The van der Waals surface area contributed by atoms with Crippen LogP contribution < -0.4 is 4.72 Å². The van der Waals surface area contributed by atoms with Crippen LogP contribution in [-0.4, -0.2) is 19.2 Å². The first-order valence-corrected chi connectivity index (χ1v) is 9.95. The molecule has 1 aromatic carbocycles. The van der Waals surface area contributed by atoms with E-state index in [0.717, 1.165) is 16.7 Å². The fraction of sp³-hybridized carbons (Fsp3) is 0.333. The van der Waals surface area contributed by atoms with Crippen molar-refractivity contribution in [3.8, 4) is 17.2 Å². The molecule has 0 bridgehead atoms. The number of nitrogens with zero attached hydrogens (tertiary/aromatic N) is 2. The summed E-state index contributed by atoms with van der Waals surface area (Å²) in [6, 6.07) is 8.72. The van der Waals surface area contributed by atoms with Gasteiger partial charge in [-0.3, -0.25) is 4.98 Å². The van der Waals surface area contributed by atoms with Gasteiger partial charge in [-0.1, -0.05) is 31.5 Å². The highest BCUT2D eigenvalue weighted by atomic mass is 35.5. The molecule has 0 radical (unpaired) electrons. The molecule has 0 saturated heterocycles. The van der Waals surface area contributed by atoms with Crippen molar-refractivity contribution in [3.05, 3.63) is 52.8 Å². The van der Waals surface area contributed by atoms with Gasteiger partial charge >= 0.3 is 0 Å². The quantitative estimate of drug-likeness (QED) is 0.827. The molecule has 1 heterocycles. The van der Waals surface area contributed by atoms with Crippen LogP contribution in [0.25, 0.3) is 11.1 Å². The predicted octanol–water partition coefficient (Wildman–Crippen LogP) is 3.91. The summed E-state index contributed by atoms with van der Waals surface area (Å²) in [5.74, 6) is 0.0807. The minimum Gasteiger partial charge on any atom is -0.264 e. The van der Waals surface area contributed by atoms with Crippen LogP contribution in [0.2, 0.25) is 5.02 Å². The van der Waals surface area contributed by atoms with Crippen molar-refractivity contribution in [2.75, 3.05) is 5.75 Å². The number of nitriles is 1. The molecular weight excluding hydrogens is 358 g/mol. The Morgan fingerprint density at radius 1 is 1.24 bits per heavy atom. The van der Waals surface area contributed by atoms with Gasteiger partial charge < -0.3 is 0 Å². The SMILES string of the molecule is CCS(=O)(=O)NC(c1cncc(-c2ccc(C#N)c(Cl)c2)c1)C(C)C. The highest BCUT2D eigenvalue weighted by Crippen LogP contribution is 2.29. The van der Waals surface area contributed by atoms with Crippen LogP contribution in [0.3, 0.4) is 0 Å². The maximum Gasteiger partial charge on any atom is 0.211 e. The van der Waals surface area contributed by atoms with E-state index in [1.165, 1.54) is 0 Å². The molecule has 0 aliphatic rings. The molecule has 132 valence electrons. The van der Waals surface area contributed by atoms with Crippen molar-refractivity contribution in [1.82, 2.24) is 9.71 Å². The van der Waals surface area contributed by atoms with Crippen molar-refractivity contribution in [1.29, 1.82) is 5.26 Å². The predicted molar refractivity (Wildman–Crippen MR) is 99.6 cm³/mol. The Morgan fingerprint density at radius 3 is 2.52 bits per heavy atom. The van der Waals surface area contributed by atoms with Gasteiger partial charge in [-0.05, 0) is 42.2 Å². The number of pyridine rings is 1. The Kier molecular flexibility index (Phi) is 6.17. The monoisotopic (exact) mass is 377 g/mol. The Bertz CT molecular complexity index is 905. The van der Waals surface area contributed by atoms with Crippen molar-refractivity contribution in [2.45, 2.75) is 26.8 Å². The van der Waals surface area contributed by atoms with E-state index in [1.807, 2.05) is 26.0 Å². The normalized spacial score (nSPS) is 12.8. The number of aromatic nitrogens is 1. The minimum absolute atomic E-state index is 0.0224. The number of benzene rings is 1. The first-order chi connectivity index (χ1) is 11.8. The molecule has 0 spiro atoms. The van der Waals surface area contributed by atoms with Crippen LogP contribution in [0, 0.1) is 17.2 Å². The Morgan fingerprint density at radius 2 is 1.96 bits per heavy atom. The number of hydrogen-bond acceptors (Lipinski definition) is 4. The van der Waals surface area contributed by atoms with Crippen LogP contribution in [0.4, 0.5) is 0 Å². The average Bonchev–Trinajstić information content (AvgIpc) is 2.59. The second-order valence-electron chi connectivity index (χ2n) is 6.06. The summed E-state index contributed by atoms with van der Waals surface area (Å²) in [5, 5.41) is 9.35. The fourth-order valence-electron chi connectivity index (χ4n) is 2.44. The average molecular weight is 378 g/mol. The zero-order valence-electron chi connectivity index (χ0n) is 14.3. The summed E-state index contributed by atoms with van der Waals surface area (Å²) in [6.45, 7) is 5.51. The molecule has 0 fully saturated rings. The Balaban J connectivity index is 2.43. The van der Waals surface area contributed by atoms with Crippen molar-refractivity contribution < 1.29 is 8.42 Å². The van der Waals surface area contributed by atoms with E-state index in [-0.39, 0.29) is 17.7 Å². The lowest BCUT2D eigenvalue weighted by Crippen LogP contribution is -2.33. The first kappa shape index (κ1) is 19.4. The van der Waals surface area contributed by atoms with Crippen LogP contribution in [0.15, 0.2) is 36.7 Å². The van der Waals surface area contributed by atoms with E-state index in [4.69, 9.17) is 16.9 Å². The molecule has 1 aromatic heterocycles. The van der Waals surface area contributed by atoms with Gasteiger partial charge in [0.2, 0.25) is 10.0 Å². The van der Waals surface area contributed by atoms with Crippen molar-refractivity contribution in [2.24, 2.45) is 5.92 Å². The molecule has 1 atom stereocenters. The number of sulfonamides is 1. The maximum atomic E-state index is 12.0. The second-order valence-corrected chi connectivity index (χ2v) is 8.51. The number of nitrogens with one attached hydrogen (secondary N) is 1. The molecule has 0 saturated carbocycles. The van der Waals surface area contributed by atoms with E-state index in [9.17, 15) is 8.42 Å². The highest BCUT2D eigenvalue weighted by molar-refractivity contribution is 7.89. The third-order valence-electron chi connectivity index (χ3n) is 3.89. The molecule has 7 heteroatoms. The van der Waals surface area contributed by atoms with Crippen molar-refractivity contribution in [3.63, 3.8) is 0 Å². The summed E-state index contributed by atoms with van der Waals surface area (Å²) in [4.78, 5) is 4.25. The minimum atomic E-state index is -3.34. The van der Waals surface area contributed by atoms with Crippen LogP contribution >= 0.6 is 11.6 Å². The van der Waals surface area contributed by atoms with Gasteiger partial charge in [0.25, 0.3) is 0 Å². The molecule has 25 heavy (non-hydrogen) atoms. The first-order valence-electron chi connectivity index (χ1n) is 7.92. The third kappa shape index (κ3) is 4.79. The molecular formula is C18H20ClN3O2S. The molecule has 1 N–H and O–H groups in total.